The molecule has 0 aromatic heterocycles. The fourth-order valence-electron chi connectivity index (χ4n) is 12.0. The third-order valence-corrected chi connectivity index (χ3v) is 34.5. The molecule has 1 N–H and O–H groups in total. The first-order valence-electron chi connectivity index (χ1n) is 23.8. The minimum atomic E-state index is -6.01. The van der Waals surface area contributed by atoms with Gasteiger partial charge < -0.3 is 0 Å². The molecule has 2 aliphatic carbocycles. The summed E-state index contributed by atoms with van der Waals surface area (Å²) in [6.45, 7) is 8.66. The Morgan fingerprint density at radius 3 is 1.90 bits per heavy atom. The number of methoxy groups -OCH3 is 1. The molecule has 1 unspecified atom stereocenters. The van der Waals surface area contributed by atoms with E-state index in [1.54, 1.807) is 7.11 Å². The van der Waals surface area contributed by atoms with Crippen LogP contribution in [0.2, 0.25) is 0 Å². The second-order valence-electron chi connectivity index (χ2n) is 19.2. The van der Waals surface area contributed by atoms with Crippen LogP contribution < -0.4 is 13.1 Å². The molecule has 2 heterocycles. The fraction of sp³-hybridized carbons (Fsp3) is 0.400. The molecular weight excluding hydrogens is 941 g/mol. The SMILES string of the molecule is COCc1ccccc1N1CCN(c2c(C)cc(C)cc2C)C1=[N][Hf]1([CH2]c2ccccc2)([CH2]c2ccccc2)[NH]C(=O)c2ccccc2C(C2CCCCC2)[C]1=NC1CCCCC1. The monoisotopic (exact) mass is 1010 g/mol. The number of amides is 1. The minimum absolute atomic E-state index is 0.00498. The van der Waals surface area contributed by atoms with Crippen LogP contribution in [0.1, 0.15) is 119 Å². The van der Waals surface area contributed by atoms with Crippen LogP contribution in [0.3, 0.4) is 0 Å². The summed E-state index contributed by atoms with van der Waals surface area (Å²) in [4.78, 5) is 27.2. The van der Waals surface area contributed by atoms with Crippen LogP contribution in [-0.4, -0.2) is 41.6 Å². The Labute approximate surface area is 378 Å². The van der Waals surface area contributed by atoms with Crippen molar-refractivity contribution in [2.75, 3.05) is 30.0 Å². The Balaban J connectivity index is 1.45. The van der Waals surface area contributed by atoms with Gasteiger partial charge >= 0.3 is 380 Å². The number of guanidine groups is 1. The molecule has 0 radical (unpaired) electrons. The van der Waals surface area contributed by atoms with Crippen molar-refractivity contribution in [3.05, 3.63) is 166 Å². The Hall–Kier alpha value is -4.66. The van der Waals surface area contributed by atoms with E-state index in [2.05, 4.69) is 155 Å². The number of aryl methyl sites for hydroxylation is 3. The van der Waals surface area contributed by atoms with E-state index >= 15 is 4.79 Å². The van der Waals surface area contributed by atoms with Crippen molar-refractivity contribution in [1.29, 1.82) is 0 Å². The number of carbonyl (C=O) groups is 1. The molecule has 5 aromatic rings. The van der Waals surface area contributed by atoms with Gasteiger partial charge in [0.2, 0.25) is 0 Å². The molecule has 0 bridgehead atoms. The van der Waals surface area contributed by atoms with Gasteiger partial charge in [-0.25, -0.2) is 0 Å². The van der Waals surface area contributed by atoms with Gasteiger partial charge in [0.15, 0.2) is 0 Å². The first-order valence-corrected chi connectivity index (χ1v) is 34.1. The van der Waals surface area contributed by atoms with Crippen molar-refractivity contribution in [1.82, 2.24) is 3.30 Å². The van der Waals surface area contributed by atoms with E-state index in [-0.39, 0.29) is 17.9 Å². The normalized spacial score (nSPS) is 22.3. The Kier molecular flexibility index (Phi) is 13.0. The Morgan fingerprint density at radius 2 is 1.25 bits per heavy atom. The molecule has 8 heteroatoms. The van der Waals surface area contributed by atoms with Crippen LogP contribution in [0.25, 0.3) is 0 Å². The quantitative estimate of drug-likeness (QED) is 0.134. The van der Waals surface area contributed by atoms with Crippen LogP contribution in [0, 0.1) is 26.7 Å². The number of benzene rings is 5. The average Bonchev–Trinajstić information content (AvgIpc) is 3.65. The van der Waals surface area contributed by atoms with E-state index in [0.29, 0.717) is 20.9 Å². The fourth-order valence-corrected chi connectivity index (χ4v) is 34.9. The Bertz CT molecular complexity index is 2410. The van der Waals surface area contributed by atoms with Crippen molar-refractivity contribution < 1.29 is 28.6 Å². The van der Waals surface area contributed by atoms with Gasteiger partial charge in [-0.15, -0.1) is 0 Å². The van der Waals surface area contributed by atoms with Gasteiger partial charge in [-0.2, -0.15) is 0 Å². The summed E-state index contributed by atoms with van der Waals surface area (Å²) in [7, 11) is 1.78. The second kappa shape index (κ2) is 18.8. The summed E-state index contributed by atoms with van der Waals surface area (Å²) >= 11 is -6.01. The molecule has 9 rings (SSSR count). The van der Waals surface area contributed by atoms with Crippen LogP contribution in [0.15, 0.2) is 129 Å². The topological polar surface area (TPSA) is 69.5 Å². The number of nitrogens with one attached hydrogen (secondary N) is 1. The number of anilines is 2. The molecule has 5 aromatic carbocycles. The summed E-state index contributed by atoms with van der Waals surface area (Å²) in [5.74, 6) is 1.25. The molecule has 2 saturated carbocycles. The summed E-state index contributed by atoms with van der Waals surface area (Å²) < 4.78 is 19.4. The van der Waals surface area contributed by atoms with Crippen molar-refractivity contribution in [2.45, 2.75) is 112 Å². The number of nitrogens with zero attached hydrogens (tertiary/aromatic N) is 4. The zero-order valence-electron chi connectivity index (χ0n) is 38.0. The number of hydrogen-bond donors (Lipinski definition) is 1. The van der Waals surface area contributed by atoms with E-state index in [0.717, 1.165) is 67.1 Å². The maximum absolute atomic E-state index is 15.9. The first kappa shape index (κ1) is 43.6. The van der Waals surface area contributed by atoms with Gasteiger partial charge in [0.25, 0.3) is 0 Å². The molecule has 1 saturated heterocycles. The molecule has 4 aliphatic rings. The number of rotatable bonds is 11. The molecule has 1 amide bonds. The van der Waals surface area contributed by atoms with Gasteiger partial charge in [0, 0.05) is 0 Å². The van der Waals surface area contributed by atoms with Crippen molar-refractivity contribution >= 4 is 26.7 Å². The number of carbonyl (C=O) groups excluding carboxylic acids is 1. The van der Waals surface area contributed by atoms with Crippen LogP contribution >= 0.6 is 0 Å². The predicted molar refractivity (Wildman–Crippen MR) is 258 cm³/mol. The zero-order chi connectivity index (χ0) is 43.4. The van der Waals surface area contributed by atoms with Crippen molar-refractivity contribution in [3.63, 3.8) is 0 Å². The average molecular weight is 1010 g/mol. The summed E-state index contributed by atoms with van der Waals surface area (Å²) in [6.07, 6.45) is 11.7. The third kappa shape index (κ3) is 8.79. The molecule has 0 spiro atoms. The summed E-state index contributed by atoms with van der Waals surface area (Å²) in [6, 6.07) is 44.0. The number of aliphatic imine (C=N–C) groups is 1. The number of para-hydroxylation sites is 1. The molecule has 7 nitrogen and oxygen atoms in total. The molecule has 2 aliphatic heterocycles. The number of hydrogen-bond acceptors (Lipinski definition) is 4. The van der Waals surface area contributed by atoms with E-state index < -0.39 is 19.1 Å². The van der Waals surface area contributed by atoms with Crippen molar-refractivity contribution in [3.8, 4) is 0 Å². The second-order valence-corrected chi connectivity index (χ2v) is 36.9. The molecule has 3 fully saturated rings. The predicted octanol–water partition coefficient (Wildman–Crippen LogP) is 12.2. The number of ether oxygens (including phenoxy) is 1. The van der Waals surface area contributed by atoms with Gasteiger partial charge in [-0.3, -0.25) is 0 Å². The molecular formula is C55H66HfN5O2. The third-order valence-electron chi connectivity index (χ3n) is 14.6. The summed E-state index contributed by atoms with van der Waals surface area (Å²) in [5, 5.41) is 0. The molecule has 327 valence electrons. The maximum atomic E-state index is 15.9. The van der Waals surface area contributed by atoms with Gasteiger partial charge in [0.1, 0.15) is 0 Å². The van der Waals surface area contributed by atoms with Gasteiger partial charge in [-0.05, 0) is 0 Å². The van der Waals surface area contributed by atoms with Gasteiger partial charge in [-0.1, -0.05) is 0 Å². The van der Waals surface area contributed by atoms with Gasteiger partial charge in [0.05, 0.1) is 0 Å². The van der Waals surface area contributed by atoms with Crippen LogP contribution in [-0.2, 0) is 38.8 Å². The van der Waals surface area contributed by atoms with E-state index in [9.17, 15) is 0 Å². The zero-order valence-corrected chi connectivity index (χ0v) is 41.6. The van der Waals surface area contributed by atoms with Crippen LogP contribution in [0.5, 0.6) is 0 Å². The summed E-state index contributed by atoms with van der Waals surface area (Å²) in [5.41, 5.74) is 11.5. The first-order chi connectivity index (χ1) is 30.7. The van der Waals surface area contributed by atoms with E-state index in [1.807, 2.05) is 0 Å². The Morgan fingerprint density at radius 1 is 0.683 bits per heavy atom. The van der Waals surface area contributed by atoms with Crippen molar-refractivity contribution in [2.24, 2.45) is 13.9 Å². The number of fused-ring (bicyclic) bond motifs is 1. The molecule has 1 atom stereocenters. The standard InChI is InChI=1S/C21H29N2O.C20H24N3O.2C7H7.Hf/c22-21(24)19-14-8-7-13-18(19)20(16-9-3-1-4-10-16)15-23-17-11-5-2-6-12-17;1-14-11-15(2)19(16(3)12-14)23-10-9-22(20(23)21)18-8-6-5-7-17(18)13-24-4;2*1-7-5-3-2-4-6-7;/h7-8,13-14,16-17,20H,1-6,9-12H2,(H2,22,24);5-8,11-12H,9-10,13H2,1-4H3;2*2-6H,1H2;/q;-1;;;+2/p-1. The van der Waals surface area contributed by atoms with Crippen LogP contribution in [0.4, 0.5) is 11.4 Å². The van der Waals surface area contributed by atoms with E-state index in [1.165, 1.54) is 75.5 Å². The molecule has 63 heavy (non-hydrogen) atoms. The van der Waals surface area contributed by atoms with E-state index in [4.69, 9.17) is 12.7 Å².